The highest BCUT2D eigenvalue weighted by Gasteiger charge is 2.31. The van der Waals surface area contributed by atoms with Crippen LogP contribution in [-0.4, -0.2) is 10.6 Å². The monoisotopic (exact) mass is 248 g/mol. The summed E-state index contributed by atoms with van der Waals surface area (Å²) in [6, 6.07) is 2.99. The number of hydrogen-bond donors (Lipinski definition) is 1. The molecule has 18 heavy (non-hydrogen) atoms. The molecule has 2 nitrogen and oxygen atoms in total. The van der Waals surface area contributed by atoms with E-state index >= 15 is 0 Å². The summed E-state index contributed by atoms with van der Waals surface area (Å²) in [4.78, 5) is 0. The third-order valence-corrected chi connectivity index (χ3v) is 4.93. The summed E-state index contributed by atoms with van der Waals surface area (Å²) >= 11 is 0. The smallest absolute Gasteiger partial charge is 0.0226 e. The fourth-order valence-corrected chi connectivity index (χ4v) is 3.22. The second kappa shape index (κ2) is 5.08. The van der Waals surface area contributed by atoms with E-state index < -0.39 is 0 Å². The van der Waals surface area contributed by atoms with Gasteiger partial charge < -0.3 is 9.88 Å². The maximum atomic E-state index is 3.80. The summed E-state index contributed by atoms with van der Waals surface area (Å²) in [6.45, 7) is 10.2. The molecule has 1 N–H and O–H groups in total. The summed E-state index contributed by atoms with van der Waals surface area (Å²) in [5.74, 6) is 0. The Morgan fingerprint density at radius 2 is 2.06 bits per heavy atom. The van der Waals surface area contributed by atoms with Gasteiger partial charge in [0, 0.05) is 31.0 Å². The first-order valence-corrected chi connectivity index (χ1v) is 7.27. The van der Waals surface area contributed by atoms with E-state index in [0.29, 0.717) is 11.5 Å². The largest absolute Gasteiger partial charge is 0.352 e. The summed E-state index contributed by atoms with van der Waals surface area (Å²) in [5.41, 5.74) is 4.66. The fourth-order valence-electron chi connectivity index (χ4n) is 3.22. The molecule has 102 valence electrons. The Kier molecular flexibility index (Phi) is 3.86. The molecule has 1 saturated carbocycles. The van der Waals surface area contributed by atoms with Crippen LogP contribution in [0.3, 0.4) is 0 Å². The molecule has 1 atom stereocenters. The number of nitrogens with zero attached hydrogens (tertiary/aromatic N) is 1. The number of hydrogen-bond acceptors (Lipinski definition) is 1. The van der Waals surface area contributed by atoms with Crippen molar-refractivity contribution >= 4 is 0 Å². The van der Waals surface area contributed by atoms with Crippen molar-refractivity contribution in [1.29, 1.82) is 0 Å². The fraction of sp³-hybridized carbons (Fsp3) is 0.750. The van der Waals surface area contributed by atoms with Gasteiger partial charge in [0.15, 0.2) is 0 Å². The van der Waals surface area contributed by atoms with Gasteiger partial charge in [0.2, 0.25) is 0 Å². The Balaban J connectivity index is 2.00. The van der Waals surface area contributed by atoms with Gasteiger partial charge in [-0.3, -0.25) is 0 Å². The van der Waals surface area contributed by atoms with E-state index in [-0.39, 0.29) is 0 Å². The van der Waals surface area contributed by atoms with Crippen molar-refractivity contribution in [3.63, 3.8) is 0 Å². The highest BCUT2D eigenvalue weighted by molar-refractivity contribution is 5.26. The van der Waals surface area contributed by atoms with E-state index in [4.69, 9.17) is 0 Å². The van der Waals surface area contributed by atoms with Crippen molar-refractivity contribution < 1.29 is 0 Å². The Morgan fingerprint density at radius 3 is 2.61 bits per heavy atom. The predicted octanol–water partition coefficient (Wildman–Crippen LogP) is 3.70. The lowest BCUT2D eigenvalue weighted by Gasteiger charge is -2.39. The van der Waals surface area contributed by atoms with Crippen LogP contribution in [0.15, 0.2) is 6.07 Å². The lowest BCUT2D eigenvalue weighted by Crippen LogP contribution is -2.43. The van der Waals surface area contributed by atoms with Gasteiger partial charge in [-0.1, -0.05) is 26.7 Å². The maximum absolute atomic E-state index is 3.80. The van der Waals surface area contributed by atoms with Gasteiger partial charge in [-0.15, -0.1) is 0 Å². The Morgan fingerprint density at radius 1 is 1.33 bits per heavy atom. The Hall–Kier alpha value is -0.760. The third-order valence-electron chi connectivity index (χ3n) is 4.93. The molecule has 2 heteroatoms. The van der Waals surface area contributed by atoms with Crippen molar-refractivity contribution in [2.75, 3.05) is 0 Å². The molecule has 1 aromatic rings. The molecule has 2 rings (SSSR count). The molecular formula is C16H28N2. The van der Waals surface area contributed by atoms with Gasteiger partial charge in [-0.2, -0.15) is 0 Å². The Bertz CT molecular complexity index is 415. The van der Waals surface area contributed by atoms with Crippen molar-refractivity contribution in [3.8, 4) is 0 Å². The first-order valence-electron chi connectivity index (χ1n) is 7.27. The molecular weight excluding hydrogens is 220 g/mol. The van der Waals surface area contributed by atoms with E-state index in [1.807, 2.05) is 0 Å². The van der Waals surface area contributed by atoms with E-state index in [1.54, 1.807) is 0 Å². The standard InChI is InChI=1S/C16H28N2/c1-12-10-14(13(2)18(12)5)11-17-15-8-6-7-9-16(15,3)4/h10,15,17H,6-9,11H2,1-5H3. The molecule has 1 aliphatic carbocycles. The SMILES string of the molecule is Cc1cc(CNC2CCCCC2(C)C)c(C)n1C. The van der Waals surface area contributed by atoms with Crippen LogP contribution in [0, 0.1) is 19.3 Å². The van der Waals surface area contributed by atoms with Gasteiger partial charge >= 0.3 is 0 Å². The van der Waals surface area contributed by atoms with Crippen molar-refractivity contribution in [1.82, 2.24) is 9.88 Å². The summed E-state index contributed by atoms with van der Waals surface area (Å²) in [6.07, 6.45) is 5.47. The molecule has 1 fully saturated rings. The van der Waals surface area contributed by atoms with E-state index in [2.05, 4.69) is 50.7 Å². The molecule has 1 aromatic heterocycles. The van der Waals surface area contributed by atoms with Crippen LogP contribution in [0.25, 0.3) is 0 Å². The van der Waals surface area contributed by atoms with Gasteiger partial charge in [-0.25, -0.2) is 0 Å². The van der Waals surface area contributed by atoms with Gasteiger partial charge in [0.05, 0.1) is 0 Å². The van der Waals surface area contributed by atoms with E-state index in [1.165, 1.54) is 42.6 Å². The minimum Gasteiger partial charge on any atom is -0.352 e. The van der Waals surface area contributed by atoms with Gasteiger partial charge in [0.25, 0.3) is 0 Å². The van der Waals surface area contributed by atoms with Crippen LogP contribution in [0.2, 0.25) is 0 Å². The van der Waals surface area contributed by atoms with E-state index in [9.17, 15) is 0 Å². The van der Waals surface area contributed by atoms with Crippen LogP contribution in [0.1, 0.15) is 56.5 Å². The average molecular weight is 248 g/mol. The zero-order valence-electron chi connectivity index (χ0n) is 12.6. The zero-order chi connectivity index (χ0) is 13.3. The number of aromatic nitrogens is 1. The van der Waals surface area contributed by atoms with E-state index in [0.717, 1.165) is 6.54 Å². The van der Waals surface area contributed by atoms with Crippen LogP contribution in [0.4, 0.5) is 0 Å². The first-order chi connectivity index (χ1) is 8.42. The molecule has 0 aromatic carbocycles. The van der Waals surface area contributed by atoms with Crippen molar-refractivity contribution in [2.45, 2.75) is 66.0 Å². The predicted molar refractivity (Wildman–Crippen MR) is 77.8 cm³/mol. The summed E-state index contributed by atoms with van der Waals surface area (Å²) in [7, 11) is 2.15. The molecule has 0 amide bonds. The van der Waals surface area contributed by atoms with Gasteiger partial charge in [0.1, 0.15) is 0 Å². The number of nitrogens with one attached hydrogen (secondary N) is 1. The highest BCUT2D eigenvalue weighted by atomic mass is 15.0. The molecule has 1 unspecified atom stereocenters. The van der Waals surface area contributed by atoms with Crippen LogP contribution < -0.4 is 5.32 Å². The third kappa shape index (κ3) is 2.64. The molecule has 0 saturated heterocycles. The molecule has 1 heterocycles. The topological polar surface area (TPSA) is 17.0 Å². The summed E-state index contributed by atoms with van der Waals surface area (Å²) < 4.78 is 2.28. The lowest BCUT2D eigenvalue weighted by molar-refractivity contribution is 0.166. The molecule has 1 aliphatic rings. The minimum atomic E-state index is 0.454. The molecule has 0 bridgehead atoms. The quantitative estimate of drug-likeness (QED) is 0.863. The van der Waals surface area contributed by atoms with Crippen molar-refractivity contribution in [3.05, 3.63) is 23.0 Å². The van der Waals surface area contributed by atoms with Gasteiger partial charge in [-0.05, 0) is 43.7 Å². The second-order valence-electron chi connectivity index (χ2n) is 6.62. The zero-order valence-corrected chi connectivity index (χ0v) is 12.6. The molecule has 0 radical (unpaired) electrons. The first kappa shape index (κ1) is 13.7. The number of aryl methyl sites for hydroxylation is 1. The normalized spacial score (nSPS) is 23.3. The van der Waals surface area contributed by atoms with Crippen LogP contribution in [0.5, 0.6) is 0 Å². The molecule has 0 aliphatic heterocycles. The minimum absolute atomic E-state index is 0.454. The maximum Gasteiger partial charge on any atom is 0.0226 e. The second-order valence-corrected chi connectivity index (χ2v) is 6.62. The summed E-state index contributed by atoms with van der Waals surface area (Å²) in [5, 5.41) is 3.80. The van der Waals surface area contributed by atoms with Crippen LogP contribution >= 0.6 is 0 Å². The van der Waals surface area contributed by atoms with Crippen LogP contribution in [-0.2, 0) is 13.6 Å². The average Bonchev–Trinajstić information content (AvgIpc) is 2.55. The molecule has 0 spiro atoms. The highest BCUT2D eigenvalue weighted by Crippen LogP contribution is 2.35. The van der Waals surface area contributed by atoms with Crippen molar-refractivity contribution in [2.24, 2.45) is 12.5 Å². The lowest BCUT2D eigenvalue weighted by atomic mass is 9.73. The Labute approximate surface area is 112 Å². The number of rotatable bonds is 3.